The third-order valence-electron chi connectivity index (χ3n) is 4.08. The predicted octanol–water partition coefficient (Wildman–Crippen LogP) is -0.694. The molecule has 2 saturated heterocycles. The average molecular weight is 261 g/mol. The standard InChI is InChI=1S/C12H15N5O2/c1-11(8-2-4-14-7-15-8)12(17-10(19)16-11)3-5-13-6-9(12)18/h2,4,7,13H,3,5-6H2,1H3,(H2,16,17,19). The molecule has 2 fully saturated rings. The second kappa shape index (κ2) is 3.99. The summed E-state index contributed by atoms with van der Waals surface area (Å²) in [5.74, 6) is -0.0294. The summed E-state index contributed by atoms with van der Waals surface area (Å²) in [4.78, 5) is 32.3. The van der Waals surface area contributed by atoms with Crippen molar-refractivity contribution < 1.29 is 9.59 Å². The van der Waals surface area contributed by atoms with Gasteiger partial charge in [0.1, 0.15) is 17.4 Å². The van der Waals surface area contributed by atoms with Crippen LogP contribution in [0.3, 0.4) is 0 Å². The molecular formula is C12H15N5O2. The monoisotopic (exact) mass is 261 g/mol. The van der Waals surface area contributed by atoms with Crippen LogP contribution in [0.25, 0.3) is 0 Å². The Hall–Kier alpha value is -2.02. The van der Waals surface area contributed by atoms with Gasteiger partial charge in [-0.3, -0.25) is 4.79 Å². The van der Waals surface area contributed by atoms with E-state index >= 15 is 0 Å². The Labute approximate surface area is 110 Å². The molecule has 1 spiro atoms. The molecule has 0 aromatic carbocycles. The molecule has 100 valence electrons. The zero-order chi connectivity index (χ0) is 13.5. The Morgan fingerprint density at radius 2 is 2.16 bits per heavy atom. The number of aromatic nitrogens is 2. The highest BCUT2D eigenvalue weighted by molar-refractivity contribution is 5.99. The quantitative estimate of drug-likeness (QED) is 0.621. The number of hydrogen-bond acceptors (Lipinski definition) is 5. The molecule has 2 amide bonds. The van der Waals surface area contributed by atoms with E-state index in [0.29, 0.717) is 18.7 Å². The summed E-state index contributed by atoms with van der Waals surface area (Å²) in [5, 5.41) is 8.69. The third-order valence-corrected chi connectivity index (χ3v) is 4.08. The van der Waals surface area contributed by atoms with Crippen molar-refractivity contribution in [3.05, 3.63) is 24.3 Å². The van der Waals surface area contributed by atoms with E-state index in [2.05, 4.69) is 25.9 Å². The zero-order valence-corrected chi connectivity index (χ0v) is 10.6. The van der Waals surface area contributed by atoms with Crippen molar-refractivity contribution in [2.75, 3.05) is 13.1 Å². The molecule has 2 aliphatic rings. The molecule has 7 nitrogen and oxygen atoms in total. The van der Waals surface area contributed by atoms with Crippen molar-refractivity contribution in [3.8, 4) is 0 Å². The fourth-order valence-electron chi connectivity index (χ4n) is 2.98. The number of rotatable bonds is 1. The van der Waals surface area contributed by atoms with Gasteiger partial charge < -0.3 is 16.0 Å². The highest BCUT2D eigenvalue weighted by Crippen LogP contribution is 2.39. The van der Waals surface area contributed by atoms with Gasteiger partial charge in [-0.25, -0.2) is 14.8 Å². The first kappa shape index (κ1) is 12.0. The van der Waals surface area contributed by atoms with Crippen molar-refractivity contribution >= 4 is 11.8 Å². The van der Waals surface area contributed by atoms with E-state index in [1.165, 1.54) is 6.33 Å². The fraction of sp³-hybridized carbons (Fsp3) is 0.500. The first-order valence-electron chi connectivity index (χ1n) is 6.19. The van der Waals surface area contributed by atoms with Crippen molar-refractivity contribution in [3.63, 3.8) is 0 Å². The molecule has 3 heterocycles. The van der Waals surface area contributed by atoms with E-state index in [0.717, 1.165) is 0 Å². The summed E-state index contributed by atoms with van der Waals surface area (Å²) in [5.41, 5.74) is -1.16. The average Bonchev–Trinajstić information content (AvgIpc) is 2.67. The second-order valence-electron chi connectivity index (χ2n) is 5.05. The number of nitrogens with one attached hydrogen (secondary N) is 3. The number of piperidine rings is 1. The maximum absolute atomic E-state index is 12.4. The van der Waals surface area contributed by atoms with Gasteiger partial charge in [0.05, 0.1) is 12.2 Å². The summed E-state index contributed by atoms with van der Waals surface area (Å²) in [6, 6.07) is 1.39. The Morgan fingerprint density at radius 1 is 1.32 bits per heavy atom. The van der Waals surface area contributed by atoms with E-state index < -0.39 is 11.1 Å². The second-order valence-corrected chi connectivity index (χ2v) is 5.05. The van der Waals surface area contributed by atoms with Gasteiger partial charge >= 0.3 is 6.03 Å². The molecule has 2 atom stereocenters. The molecule has 7 heteroatoms. The fourth-order valence-corrected chi connectivity index (χ4v) is 2.98. The number of Topliss-reactive ketones (excluding diaryl/α,β-unsaturated/α-hetero) is 1. The summed E-state index contributed by atoms with van der Waals surface area (Å²) in [7, 11) is 0. The Balaban J connectivity index is 2.12. The van der Waals surface area contributed by atoms with Gasteiger partial charge in [0, 0.05) is 6.20 Å². The lowest BCUT2D eigenvalue weighted by Gasteiger charge is -2.42. The molecular weight excluding hydrogens is 246 g/mol. The highest BCUT2D eigenvalue weighted by atomic mass is 16.2. The Morgan fingerprint density at radius 3 is 2.84 bits per heavy atom. The number of nitrogens with zero attached hydrogens (tertiary/aromatic N) is 2. The van der Waals surface area contributed by atoms with Gasteiger partial charge in [-0.05, 0) is 26.0 Å². The van der Waals surface area contributed by atoms with Crippen LogP contribution in [-0.2, 0) is 10.3 Å². The van der Waals surface area contributed by atoms with Crippen LogP contribution in [0.4, 0.5) is 4.79 Å². The third kappa shape index (κ3) is 1.54. The smallest absolute Gasteiger partial charge is 0.316 e. The van der Waals surface area contributed by atoms with Crippen LogP contribution in [0, 0.1) is 0 Å². The number of urea groups is 1. The van der Waals surface area contributed by atoms with E-state index in [-0.39, 0.29) is 18.4 Å². The number of ketones is 1. The molecule has 19 heavy (non-hydrogen) atoms. The van der Waals surface area contributed by atoms with Gasteiger partial charge in [0.15, 0.2) is 5.78 Å². The number of carbonyl (C=O) groups is 2. The normalized spacial score (nSPS) is 34.2. The first-order chi connectivity index (χ1) is 9.08. The summed E-state index contributed by atoms with van der Waals surface area (Å²) < 4.78 is 0. The molecule has 2 aliphatic heterocycles. The van der Waals surface area contributed by atoms with Crippen LogP contribution in [0.5, 0.6) is 0 Å². The summed E-state index contributed by atoms with van der Waals surface area (Å²) in [6.07, 6.45) is 3.56. The number of hydrogen-bond donors (Lipinski definition) is 3. The van der Waals surface area contributed by atoms with Crippen molar-refractivity contribution in [2.24, 2.45) is 0 Å². The largest absolute Gasteiger partial charge is 0.324 e. The lowest BCUT2D eigenvalue weighted by atomic mass is 9.70. The molecule has 1 aromatic heterocycles. The molecule has 3 N–H and O–H groups in total. The van der Waals surface area contributed by atoms with Crippen LogP contribution < -0.4 is 16.0 Å². The molecule has 0 radical (unpaired) electrons. The van der Waals surface area contributed by atoms with Gasteiger partial charge in [-0.1, -0.05) is 0 Å². The first-order valence-corrected chi connectivity index (χ1v) is 6.19. The highest BCUT2D eigenvalue weighted by Gasteiger charge is 2.61. The topological polar surface area (TPSA) is 96.0 Å². The molecule has 2 unspecified atom stereocenters. The minimum Gasteiger partial charge on any atom is -0.324 e. The van der Waals surface area contributed by atoms with Crippen LogP contribution in [0.2, 0.25) is 0 Å². The SMILES string of the molecule is CC1(c2ccncn2)NC(=O)NC12CCNCC2=O. The van der Waals surface area contributed by atoms with Gasteiger partial charge in [-0.2, -0.15) is 0 Å². The Kier molecular flexibility index (Phi) is 2.53. The Bertz CT molecular complexity index is 534. The minimum atomic E-state index is -0.941. The molecule has 3 rings (SSSR count). The minimum absolute atomic E-state index is 0.0294. The van der Waals surface area contributed by atoms with E-state index in [4.69, 9.17) is 0 Å². The van der Waals surface area contributed by atoms with Crippen molar-refractivity contribution in [2.45, 2.75) is 24.4 Å². The van der Waals surface area contributed by atoms with E-state index in [9.17, 15) is 9.59 Å². The van der Waals surface area contributed by atoms with Crippen molar-refractivity contribution in [1.29, 1.82) is 0 Å². The molecule has 0 bridgehead atoms. The number of amides is 2. The van der Waals surface area contributed by atoms with Gasteiger partial charge in [0.2, 0.25) is 0 Å². The lowest BCUT2D eigenvalue weighted by molar-refractivity contribution is -0.128. The predicted molar refractivity (Wildman–Crippen MR) is 66.3 cm³/mol. The number of carbonyl (C=O) groups excluding carboxylic acids is 2. The van der Waals surface area contributed by atoms with Gasteiger partial charge in [-0.15, -0.1) is 0 Å². The van der Waals surface area contributed by atoms with Crippen LogP contribution in [0.15, 0.2) is 18.6 Å². The molecule has 1 aromatic rings. The summed E-state index contributed by atoms with van der Waals surface area (Å²) >= 11 is 0. The van der Waals surface area contributed by atoms with Crippen LogP contribution >= 0.6 is 0 Å². The lowest BCUT2D eigenvalue weighted by Crippen LogP contribution is -2.66. The molecule has 0 saturated carbocycles. The van der Waals surface area contributed by atoms with Crippen LogP contribution in [-0.4, -0.2) is 40.4 Å². The van der Waals surface area contributed by atoms with E-state index in [1.807, 2.05) is 6.92 Å². The maximum Gasteiger partial charge on any atom is 0.316 e. The van der Waals surface area contributed by atoms with Gasteiger partial charge in [0.25, 0.3) is 0 Å². The molecule has 0 aliphatic carbocycles. The van der Waals surface area contributed by atoms with E-state index in [1.54, 1.807) is 12.3 Å². The summed E-state index contributed by atoms with van der Waals surface area (Å²) in [6.45, 7) is 2.76. The van der Waals surface area contributed by atoms with Crippen molar-refractivity contribution in [1.82, 2.24) is 25.9 Å². The van der Waals surface area contributed by atoms with Crippen LogP contribution in [0.1, 0.15) is 19.0 Å². The maximum atomic E-state index is 12.4. The zero-order valence-electron chi connectivity index (χ0n) is 10.6.